The largest absolute Gasteiger partial charge is 0.400 e. The van der Waals surface area contributed by atoms with E-state index in [1.807, 2.05) is 0 Å². The molecule has 126 valence electrons. The second-order valence-electron chi connectivity index (χ2n) is 5.00. The molecular formula is C13H14ClF3N3O2P. The molecule has 0 amide bonds. The molecule has 10 heteroatoms. The summed E-state index contributed by atoms with van der Waals surface area (Å²) in [5.41, 5.74) is 0.392. The van der Waals surface area contributed by atoms with Gasteiger partial charge in [0.15, 0.2) is 0 Å². The Labute approximate surface area is 135 Å². The lowest BCUT2D eigenvalue weighted by molar-refractivity contribution is 0.0551. The quantitative estimate of drug-likeness (QED) is 0.612. The van der Waals surface area contributed by atoms with Crippen LogP contribution in [0.25, 0.3) is 11.4 Å². The Kier molecular flexibility index (Phi) is 5.18. The van der Waals surface area contributed by atoms with Crippen molar-refractivity contribution in [3.8, 4) is 11.4 Å². The highest BCUT2D eigenvalue weighted by Gasteiger charge is 2.35. The molecule has 1 aromatic carbocycles. The Morgan fingerprint density at radius 2 is 2.13 bits per heavy atom. The van der Waals surface area contributed by atoms with Gasteiger partial charge in [0.25, 0.3) is 0 Å². The monoisotopic (exact) mass is 367 g/mol. The predicted octanol–water partition coefficient (Wildman–Crippen LogP) is 4.18. The van der Waals surface area contributed by atoms with Gasteiger partial charge in [0.2, 0.25) is 5.82 Å². The van der Waals surface area contributed by atoms with Crippen molar-refractivity contribution in [1.82, 2.24) is 15.2 Å². The lowest BCUT2D eigenvalue weighted by atomic mass is 10.1. The highest BCUT2D eigenvalue weighted by atomic mass is 35.5. The van der Waals surface area contributed by atoms with Crippen molar-refractivity contribution in [3.63, 3.8) is 0 Å². The van der Waals surface area contributed by atoms with Gasteiger partial charge in [-0.05, 0) is 29.8 Å². The SMILES string of the molecule is CCNP(C)(=O)Cc1ccc(-c2noc(C(F)(F)Cl)n2)cc1F. The van der Waals surface area contributed by atoms with Gasteiger partial charge in [-0.25, -0.2) is 4.39 Å². The minimum absolute atomic E-state index is 0.0319. The van der Waals surface area contributed by atoms with E-state index in [4.69, 9.17) is 11.6 Å². The molecule has 0 fully saturated rings. The molecule has 0 aliphatic heterocycles. The molecule has 5 nitrogen and oxygen atoms in total. The van der Waals surface area contributed by atoms with Crippen LogP contribution < -0.4 is 5.09 Å². The molecular weight excluding hydrogens is 354 g/mol. The first-order chi connectivity index (χ1) is 10.6. The van der Waals surface area contributed by atoms with Crippen LogP contribution in [0, 0.1) is 5.82 Å². The number of hydrogen-bond acceptors (Lipinski definition) is 4. The zero-order chi connectivity index (χ0) is 17.3. The molecule has 0 bridgehead atoms. The molecule has 0 saturated heterocycles. The van der Waals surface area contributed by atoms with Gasteiger partial charge in [-0.3, -0.25) is 5.09 Å². The number of nitrogens with one attached hydrogen (secondary N) is 1. The molecule has 2 aromatic rings. The van der Waals surface area contributed by atoms with Crippen LogP contribution in [0.5, 0.6) is 0 Å². The first-order valence-electron chi connectivity index (χ1n) is 6.64. The lowest BCUT2D eigenvalue weighted by Crippen LogP contribution is -2.10. The minimum Gasteiger partial charge on any atom is -0.331 e. The number of nitrogens with zero attached hydrogens (tertiary/aromatic N) is 2. The molecule has 23 heavy (non-hydrogen) atoms. The molecule has 0 saturated carbocycles. The Morgan fingerprint density at radius 1 is 1.43 bits per heavy atom. The number of hydrogen-bond donors (Lipinski definition) is 1. The normalized spacial score (nSPS) is 14.7. The summed E-state index contributed by atoms with van der Waals surface area (Å²) in [5, 5.41) is 2.37. The van der Waals surface area contributed by atoms with Gasteiger partial charge in [-0.15, -0.1) is 0 Å². The van der Waals surface area contributed by atoms with E-state index >= 15 is 0 Å². The molecule has 1 heterocycles. The fraction of sp³-hybridized carbons (Fsp3) is 0.385. The lowest BCUT2D eigenvalue weighted by Gasteiger charge is -2.14. The summed E-state index contributed by atoms with van der Waals surface area (Å²) >= 11 is 4.78. The van der Waals surface area contributed by atoms with E-state index in [0.29, 0.717) is 6.54 Å². The van der Waals surface area contributed by atoms with Gasteiger partial charge in [-0.1, -0.05) is 24.2 Å². The molecule has 1 atom stereocenters. The van der Waals surface area contributed by atoms with E-state index in [1.54, 1.807) is 6.92 Å². The first kappa shape index (κ1) is 18.0. The molecule has 1 aromatic heterocycles. The average Bonchev–Trinajstić information content (AvgIpc) is 2.90. The second-order valence-corrected chi connectivity index (χ2v) is 8.31. The van der Waals surface area contributed by atoms with Crippen LogP contribution in [0.3, 0.4) is 0 Å². The van der Waals surface area contributed by atoms with Crippen LogP contribution in [0.4, 0.5) is 13.2 Å². The highest BCUT2D eigenvalue weighted by Crippen LogP contribution is 2.41. The maximum Gasteiger partial charge on any atom is 0.400 e. The van der Waals surface area contributed by atoms with E-state index < -0.39 is 24.4 Å². The zero-order valence-corrected chi connectivity index (χ0v) is 14.0. The fourth-order valence-electron chi connectivity index (χ4n) is 1.99. The third kappa shape index (κ3) is 4.56. The molecule has 0 aliphatic carbocycles. The van der Waals surface area contributed by atoms with Crippen molar-refractivity contribution in [1.29, 1.82) is 0 Å². The van der Waals surface area contributed by atoms with E-state index in [0.717, 1.165) is 6.07 Å². The second kappa shape index (κ2) is 6.63. The number of rotatable bonds is 6. The average molecular weight is 368 g/mol. The van der Waals surface area contributed by atoms with Crippen LogP contribution in [0.15, 0.2) is 22.7 Å². The Balaban J connectivity index is 2.26. The van der Waals surface area contributed by atoms with Crippen LogP contribution in [-0.4, -0.2) is 23.4 Å². The van der Waals surface area contributed by atoms with Crippen LogP contribution >= 0.6 is 18.9 Å². The van der Waals surface area contributed by atoms with E-state index in [-0.39, 0.29) is 23.1 Å². The Morgan fingerprint density at radius 3 is 2.65 bits per heavy atom. The molecule has 0 aliphatic rings. The minimum atomic E-state index is -3.79. The van der Waals surface area contributed by atoms with Crippen LogP contribution in [0.2, 0.25) is 0 Å². The topological polar surface area (TPSA) is 68.0 Å². The van der Waals surface area contributed by atoms with E-state index in [1.165, 1.54) is 18.8 Å². The van der Waals surface area contributed by atoms with Crippen molar-refractivity contribution in [3.05, 3.63) is 35.5 Å². The number of halogens is 4. The first-order valence-corrected chi connectivity index (χ1v) is 9.35. The van der Waals surface area contributed by atoms with Crippen LogP contribution in [-0.2, 0) is 16.1 Å². The number of aromatic nitrogens is 2. The van der Waals surface area contributed by atoms with E-state index in [2.05, 4.69) is 19.8 Å². The Bertz CT molecular complexity index is 748. The maximum atomic E-state index is 14.1. The molecule has 2 rings (SSSR count). The maximum absolute atomic E-state index is 14.1. The summed E-state index contributed by atoms with van der Waals surface area (Å²) in [4.78, 5) is 3.43. The highest BCUT2D eigenvalue weighted by molar-refractivity contribution is 7.60. The molecule has 0 spiro atoms. The Hall–Kier alpha value is -1.37. The van der Waals surface area contributed by atoms with Gasteiger partial charge >= 0.3 is 11.3 Å². The smallest absolute Gasteiger partial charge is 0.331 e. The van der Waals surface area contributed by atoms with Crippen molar-refractivity contribution in [2.75, 3.05) is 13.2 Å². The summed E-state index contributed by atoms with van der Waals surface area (Å²) < 4.78 is 56.4. The molecule has 1 N–H and O–H groups in total. The van der Waals surface area contributed by atoms with Gasteiger partial charge < -0.3 is 9.09 Å². The summed E-state index contributed by atoms with van der Waals surface area (Å²) in [6.45, 7) is 3.83. The molecule has 1 unspecified atom stereocenters. The van der Waals surface area contributed by atoms with Crippen molar-refractivity contribution in [2.24, 2.45) is 0 Å². The van der Waals surface area contributed by atoms with Gasteiger partial charge in [-0.2, -0.15) is 13.8 Å². The summed E-state index contributed by atoms with van der Waals surface area (Å²) in [7, 11) is -2.70. The fourth-order valence-corrected chi connectivity index (χ4v) is 3.75. The summed E-state index contributed by atoms with van der Waals surface area (Å²) in [5.74, 6) is -1.91. The van der Waals surface area contributed by atoms with E-state index in [9.17, 15) is 17.7 Å². The van der Waals surface area contributed by atoms with Gasteiger partial charge in [0, 0.05) is 18.4 Å². The van der Waals surface area contributed by atoms with Gasteiger partial charge in [0.05, 0.1) is 0 Å². The zero-order valence-electron chi connectivity index (χ0n) is 12.3. The summed E-state index contributed by atoms with van der Waals surface area (Å²) in [6.07, 6.45) is 0.0319. The third-order valence-corrected chi connectivity index (χ3v) is 5.04. The van der Waals surface area contributed by atoms with Crippen molar-refractivity contribution >= 4 is 18.9 Å². The standard InChI is InChI=1S/C13H14ClF3N3O2P/c1-3-18-23(2,21)7-9-5-4-8(6-10(9)15)11-19-12(22-20-11)13(14,16)17/h4-6H,3,7H2,1-2H3,(H,18,21). The molecule has 0 radical (unpaired) electrons. The van der Waals surface area contributed by atoms with Crippen LogP contribution in [0.1, 0.15) is 18.4 Å². The third-order valence-electron chi connectivity index (χ3n) is 2.94. The number of alkyl halides is 3. The van der Waals surface area contributed by atoms with Crippen molar-refractivity contribution in [2.45, 2.75) is 18.5 Å². The summed E-state index contributed by atoms with van der Waals surface area (Å²) in [6, 6.07) is 3.92. The van der Waals surface area contributed by atoms with Crippen molar-refractivity contribution < 1.29 is 22.3 Å². The van der Waals surface area contributed by atoms with Gasteiger partial charge in [0.1, 0.15) is 13.1 Å². The number of benzene rings is 1. The predicted molar refractivity (Wildman–Crippen MR) is 80.4 cm³/mol.